The first kappa shape index (κ1) is 10.9. The van der Waals surface area contributed by atoms with Crippen molar-refractivity contribution in [1.82, 2.24) is 4.90 Å². The van der Waals surface area contributed by atoms with E-state index >= 15 is 0 Å². The largest absolute Gasteiger partial charge is 0.480 e. The molecule has 0 spiro atoms. The lowest BCUT2D eigenvalue weighted by Gasteiger charge is -2.36. The number of rotatable bonds is 2. The average Bonchev–Trinajstić information content (AvgIpc) is 2.41. The Morgan fingerprint density at radius 1 is 1.40 bits per heavy atom. The molecule has 86 valence electrons. The zero-order chi connectivity index (χ0) is 10.7. The van der Waals surface area contributed by atoms with Gasteiger partial charge in [-0.3, -0.25) is 9.69 Å². The topological polar surface area (TPSA) is 49.8 Å². The highest BCUT2D eigenvalue weighted by Gasteiger charge is 2.32. The molecule has 2 rings (SSSR count). The number of aliphatic carboxylic acids is 1. The quantitative estimate of drug-likeness (QED) is 0.742. The van der Waals surface area contributed by atoms with Crippen molar-refractivity contribution in [3.8, 4) is 0 Å². The highest BCUT2D eigenvalue weighted by molar-refractivity contribution is 5.69. The molecule has 0 radical (unpaired) electrons. The fraction of sp³-hybridized carbons (Fsp3) is 0.909. The third-order valence-electron chi connectivity index (χ3n) is 3.53. The molecule has 1 saturated heterocycles. The second kappa shape index (κ2) is 4.94. The van der Waals surface area contributed by atoms with Crippen molar-refractivity contribution in [2.24, 2.45) is 5.92 Å². The van der Waals surface area contributed by atoms with Crippen LogP contribution in [0.15, 0.2) is 0 Å². The van der Waals surface area contributed by atoms with Crippen LogP contribution in [-0.2, 0) is 9.53 Å². The molecule has 1 aliphatic heterocycles. The summed E-state index contributed by atoms with van der Waals surface area (Å²) in [6.07, 6.45) is 4.84. The number of carboxylic acids is 1. The zero-order valence-electron chi connectivity index (χ0n) is 9.02. The molecule has 0 bridgehead atoms. The van der Waals surface area contributed by atoms with E-state index in [1.807, 2.05) is 0 Å². The third kappa shape index (κ3) is 2.69. The zero-order valence-corrected chi connectivity index (χ0v) is 9.02. The maximum absolute atomic E-state index is 10.8. The van der Waals surface area contributed by atoms with E-state index in [0.717, 1.165) is 19.6 Å². The number of hydrogen-bond acceptors (Lipinski definition) is 3. The van der Waals surface area contributed by atoms with Gasteiger partial charge >= 0.3 is 5.97 Å². The van der Waals surface area contributed by atoms with E-state index < -0.39 is 5.97 Å². The van der Waals surface area contributed by atoms with Crippen molar-refractivity contribution in [1.29, 1.82) is 0 Å². The van der Waals surface area contributed by atoms with E-state index in [1.165, 1.54) is 19.3 Å². The van der Waals surface area contributed by atoms with Gasteiger partial charge in [0.15, 0.2) is 0 Å². The number of carboxylic acid groups (broad SMARTS) is 1. The summed E-state index contributed by atoms with van der Waals surface area (Å²) in [5.41, 5.74) is 0. The Kier molecular flexibility index (Phi) is 3.59. The Morgan fingerprint density at radius 3 is 3.00 bits per heavy atom. The number of hydrogen-bond donors (Lipinski definition) is 1. The molecule has 2 aliphatic rings. The van der Waals surface area contributed by atoms with Gasteiger partial charge in [-0.15, -0.1) is 0 Å². The number of ether oxygens (including phenoxy) is 1. The predicted molar refractivity (Wildman–Crippen MR) is 55.8 cm³/mol. The lowest BCUT2D eigenvalue weighted by atomic mass is 9.84. The minimum absolute atomic E-state index is 0.171. The van der Waals surface area contributed by atoms with E-state index in [2.05, 4.69) is 4.90 Å². The normalized spacial score (nSPS) is 33.1. The van der Waals surface area contributed by atoms with Gasteiger partial charge in [-0.25, -0.2) is 0 Å². The Morgan fingerprint density at radius 2 is 2.20 bits per heavy atom. The highest BCUT2D eigenvalue weighted by Crippen LogP contribution is 2.30. The number of fused-ring (bicyclic) bond motifs is 1. The standard InChI is InChI=1S/C11H19NO3/c13-11(14)7-12-5-6-15-8-9-3-1-2-4-10(9)12/h9-10H,1-8H2,(H,13,14)/t9-,10-/m0/s1. The lowest BCUT2D eigenvalue weighted by Crippen LogP contribution is -2.45. The molecule has 0 aromatic carbocycles. The average molecular weight is 213 g/mol. The van der Waals surface area contributed by atoms with Gasteiger partial charge in [-0.05, 0) is 18.8 Å². The molecule has 1 aliphatic carbocycles. The summed E-state index contributed by atoms with van der Waals surface area (Å²) in [6, 6.07) is 0.442. The van der Waals surface area contributed by atoms with Crippen molar-refractivity contribution in [2.75, 3.05) is 26.3 Å². The molecule has 4 nitrogen and oxygen atoms in total. The molecule has 0 aromatic heterocycles. The van der Waals surface area contributed by atoms with Crippen molar-refractivity contribution in [3.05, 3.63) is 0 Å². The Labute approximate surface area is 90.2 Å². The van der Waals surface area contributed by atoms with Gasteiger partial charge in [0, 0.05) is 12.6 Å². The molecule has 1 N–H and O–H groups in total. The van der Waals surface area contributed by atoms with Gasteiger partial charge in [-0.2, -0.15) is 0 Å². The van der Waals surface area contributed by atoms with E-state index in [-0.39, 0.29) is 6.54 Å². The molecule has 2 atom stereocenters. The van der Waals surface area contributed by atoms with E-state index in [1.54, 1.807) is 0 Å². The van der Waals surface area contributed by atoms with Crippen LogP contribution in [0, 0.1) is 5.92 Å². The van der Waals surface area contributed by atoms with Crippen molar-refractivity contribution in [3.63, 3.8) is 0 Å². The summed E-state index contributed by atoms with van der Waals surface area (Å²) in [4.78, 5) is 12.9. The molecule has 0 aromatic rings. The van der Waals surface area contributed by atoms with Crippen LogP contribution in [0.3, 0.4) is 0 Å². The summed E-state index contributed by atoms with van der Waals surface area (Å²) in [5.74, 6) is -0.165. The first-order valence-electron chi connectivity index (χ1n) is 5.81. The van der Waals surface area contributed by atoms with Crippen LogP contribution in [0.25, 0.3) is 0 Å². The van der Waals surface area contributed by atoms with E-state index in [9.17, 15) is 4.79 Å². The minimum Gasteiger partial charge on any atom is -0.480 e. The Hall–Kier alpha value is -0.610. The molecule has 1 heterocycles. The molecule has 1 saturated carbocycles. The fourth-order valence-electron chi connectivity index (χ4n) is 2.82. The van der Waals surface area contributed by atoms with Crippen LogP contribution in [0.5, 0.6) is 0 Å². The molecule has 4 heteroatoms. The summed E-state index contributed by atoms with van der Waals surface area (Å²) in [5, 5.41) is 8.87. The van der Waals surface area contributed by atoms with E-state index in [0.29, 0.717) is 18.6 Å². The monoisotopic (exact) mass is 213 g/mol. The second-order valence-corrected chi connectivity index (χ2v) is 4.55. The first-order chi connectivity index (χ1) is 7.27. The van der Waals surface area contributed by atoms with Gasteiger partial charge in [0.25, 0.3) is 0 Å². The number of carbonyl (C=O) groups is 1. The molecule has 15 heavy (non-hydrogen) atoms. The van der Waals surface area contributed by atoms with Crippen LogP contribution >= 0.6 is 0 Å². The fourth-order valence-corrected chi connectivity index (χ4v) is 2.82. The van der Waals surface area contributed by atoms with Crippen molar-refractivity contribution in [2.45, 2.75) is 31.7 Å². The smallest absolute Gasteiger partial charge is 0.317 e. The molecular weight excluding hydrogens is 194 g/mol. The molecule has 2 fully saturated rings. The Balaban J connectivity index is 2.02. The maximum Gasteiger partial charge on any atom is 0.317 e. The van der Waals surface area contributed by atoms with Gasteiger partial charge in [0.05, 0.1) is 19.8 Å². The highest BCUT2D eigenvalue weighted by atomic mass is 16.5. The molecular formula is C11H19NO3. The summed E-state index contributed by atoms with van der Waals surface area (Å²) in [7, 11) is 0. The predicted octanol–water partition coefficient (Wildman–Crippen LogP) is 0.962. The van der Waals surface area contributed by atoms with Crippen LogP contribution < -0.4 is 0 Å². The lowest BCUT2D eigenvalue weighted by molar-refractivity contribution is -0.139. The van der Waals surface area contributed by atoms with E-state index in [4.69, 9.17) is 9.84 Å². The van der Waals surface area contributed by atoms with Gasteiger partial charge in [0.1, 0.15) is 0 Å². The number of nitrogens with zero attached hydrogens (tertiary/aromatic N) is 1. The third-order valence-corrected chi connectivity index (χ3v) is 3.53. The maximum atomic E-state index is 10.8. The summed E-state index contributed by atoms with van der Waals surface area (Å²) >= 11 is 0. The van der Waals surface area contributed by atoms with Gasteiger partial charge in [0.2, 0.25) is 0 Å². The van der Waals surface area contributed by atoms with Crippen LogP contribution in [0.2, 0.25) is 0 Å². The van der Waals surface area contributed by atoms with Crippen molar-refractivity contribution < 1.29 is 14.6 Å². The van der Waals surface area contributed by atoms with Crippen LogP contribution in [-0.4, -0.2) is 48.3 Å². The molecule has 0 amide bonds. The SMILES string of the molecule is O=C(O)CN1CCOC[C@@H]2CCCC[C@@H]21. The van der Waals surface area contributed by atoms with Gasteiger partial charge < -0.3 is 9.84 Å². The first-order valence-corrected chi connectivity index (χ1v) is 5.81. The van der Waals surface area contributed by atoms with Crippen LogP contribution in [0.4, 0.5) is 0 Å². The summed E-state index contributed by atoms with van der Waals surface area (Å²) < 4.78 is 5.54. The summed E-state index contributed by atoms with van der Waals surface area (Å²) in [6.45, 7) is 2.44. The second-order valence-electron chi connectivity index (χ2n) is 4.55. The molecule has 0 unspecified atom stereocenters. The van der Waals surface area contributed by atoms with Gasteiger partial charge in [-0.1, -0.05) is 12.8 Å². The van der Waals surface area contributed by atoms with Crippen molar-refractivity contribution >= 4 is 5.97 Å². The van der Waals surface area contributed by atoms with Crippen LogP contribution in [0.1, 0.15) is 25.7 Å². The Bertz CT molecular complexity index is 232. The minimum atomic E-state index is -0.721.